The minimum absolute atomic E-state index is 0.192. The normalized spacial score (nSPS) is 11.6. The van der Waals surface area contributed by atoms with Gasteiger partial charge in [0.2, 0.25) is 0 Å². The lowest BCUT2D eigenvalue weighted by Crippen LogP contribution is -2.05. The van der Waals surface area contributed by atoms with E-state index in [4.69, 9.17) is 9.47 Å². The molecule has 2 aromatic carbocycles. The third kappa shape index (κ3) is 3.34. The van der Waals surface area contributed by atoms with Gasteiger partial charge in [0.05, 0.1) is 26.2 Å². The monoisotopic (exact) mass is 303 g/mol. The van der Waals surface area contributed by atoms with Crippen molar-refractivity contribution in [3.63, 3.8) is 0 Å². The van der Waals surface area contributed by atoms with E-state index in [1.165, 1.54) is 50.6 Å². The summed E-state index contributed by atoms with van der Waals surface area (Å²) in [6.07, 6.45) is 0.192. The molecule has 22 heavy (non-hydrogen) atoms. The Labute approximate surface area is 127 Å². The highest BCUT2D eigenvalue weighted by atomic mass is 19.1. The Morgan fingerprint density at radius 3 is 2.18 bits per heavy atom. The zero-order chi connectivity index (χ0) is 16.1. The maximum atomic E-state index is 13.5. The smallest absolute Gasteiger partial charge is 0.123 e. The zero-order valence-corrected chi connectivity index (χ0v) is 12.3. The fourth-order valence-electron chi connectivity index (χ4n) is 2.33. The fraction of sp³-hybridized carbons (Fsp3) is 0.235. The first kappa shape index (κ1) is 15.8. The molecule has 0 fully saturated rings. The highest BCUT2D eigenvalue weighted by Crippen LogP contribution is 2.32. The van der Waals surface area contributed by atoms with Gasteiger partial charge in [0.15, 0.2) is 0 Å². The van der Waals surface area contributed by atoms with Crippen molar-refractivity contribution in [1.82, 2.24) is 0 Å². The lowest BCUT2D eigenvalue weighted by Gasteiger charge is -2.15. The summed E-state index contributed by atoms with van der Waals surface area (Å²) in [6.45, 7) is 0. The number of hydrogen-bond acceptors (Lipinski definition) is 3. The number of hydrogen-bond donors (Lipinski definition) is 0. The van der Waals surface area contributed by atoms with Gasteiger partial charge in [-0.05, 0) is 48.4 Å². The Bertz CT molecular complexity index is 710. The summed E-state index contributed by atoms with van der Waals surface area (Å²) in [5, 5.41) is 9.42. The van der Waals surface area contributed by atoms with Crippen LogP contribution in [0, 0.1) is 23.0 Å². The van der Waals surface area contributed by atoms with Gasteiger partial charge in [-0.1, -0.05) is 0 Å². The molecule has 0 aliphatic rings. The van der Waals surface area contributed by atoms with E-state index in [2.05, 4.69) is 6.07 Å². The van der Waals surface area contributed by atoms with Crippen LogP contribution >= 0.6 is 0 Å². The standard InChI is InChI=1S/C17H15F2NO2/c1-21-16-5-3-13(18)8-11(16)7-12(10-20)15-9-14(19)4-6-17(15)22-2/h3-6,8-9,12H,7H2,1-2H3. The van der Waals surface area contributed by atoms with E-state index in [9.17, 15) is 14.0 Å². The molecule has 0 radical (unpaired) electrons. The number of halogens is 2. The van der Waals surface area contributed by atoms with E-state index < -0.39 is 17.6 Å². The second kappa shape index (κ2) is 6.90. The summed E-state index contributed by atoms with van der Waals surface area (Å²) in [6, 6.07) is 10.2. The van der Waals surface area contributed by atoms with Crippen LogP contribution in [0.15, 0.2) is 36.4 Å². The van der Waals surface area contributed by atoms with Crippen molar-refractivity contribution in [3.8, 4) is 17.6 Å². The van der Waals surface area contributed by atoms with Crippen molar-refractivity contribution in [2.24, 2.45) is 0 Å². The highest BCUT2D eigenvalue weighted by Gasteiger charge is 2.19. The van der Waals surface area contributed by atoms with Crippen molar-refractivity contribution in [2.45, 2.75) is 12.3 Å². The average Bonchev–Trinajstić information content (AvgIpc) is 2.52. The Balaban J connectivity index is 2.41. The molecule has 2 rings (SSSR count). The molecular weight excluding hydrogens is 288 g/mol. The van der Waals surface area contributed by atoms with Gasteiger partial charge >= 0.3 is 0 Å². The number of rotatable bonds is 5. The molecule has 2 aromatic rings. The second-order valence-corrected chi connectivity index (χ2v) is 4.73. The van der Waals surface area contributed by atoms with Crippen molar-refractivity contribution in [1.29, 1.82) is 5.26 Å². The van der Waals surface area contributed by atoms with Gasteiger partial charge in [0, 0.05) is 5.56 Å². The summed E-state index contributed by atoms with van der Waals surface area (Å²) in [4.78, 5) is 0. The topological polar surface area (TPSA) is 42.2 Å². The van der Waals surface area contributed by atoms with Crippen LogP contribution in [0.5, 0.6) is 11.5 Å². The van der Waals surface area contributed by atoms with Gasteiger partial charge in [-0.2, -0.15) is 5.26 Å². The third-order valence-electron chi connectivity index (χ3n) is 3.39. The number of ether oxygens (including phenoxy) is 2. The number of nitrogens with zero attached hydrogens (tertiary/aromatic N) is 1. The zero-order valence-electron chi connectivity index (χ0n) is 12.3. The SMILES string of the molecule is COc1ccc(F)cc1CC(C#N)c1cc(F)ccc1OC. The largest absolute Gasteiger partial charge is 0.496 e. The van der Waals surface area contributed by atoms with Crippen molar-refractivity contribution in [2.75, 3.05) is 14.2 Å². The molecule has 114 valence electrons. The van der Waals surface area contributed by atoms with Crippen LogP contribution in [-0.2, 0) is 6.42 Å². The van der Waals surface area contributed by atoms with Gasteiger partial charge in [-0.3, -0.25) is 0 Å². The first-order valence-electron chi connectivity index (χ1n) is 6.64. The molecule has 1 unspecified atom stereocenters. The number of methoxy groups -OCH3 is 2. The summed E-state index contributed by atoms with van der Waals surface area (Å²) in [7, 11) is 2.93. The Morgan fingerprint density at radius 2 is 1.59 bits per heavy atom. The molecule has 0 saturated heterocycles. The first-order valence-corrected chi connectivity index (χ1v) is 6.64. The van der Waals surface area contributed by atoms with E-state index in [1.54, 1.807) is 0 Å². The molecule has 0 heterocycles. The molecule has 0 aromatic heterocycles. The molecule has 0 aliphatic heterocycles. The van der Waals surface area contributed by atoms with E-state index in [1.807, 2.05) is 0 Å². The summed E-state index contributed by atoms with van der Waals surface area (Å²) >= 11 is 0. The van der Waals surface area contributed by atoms with Gasteiger partial charge in [0.25, 0.3) is 0 Å². The summed E-state index contributed by atoms with van der Waals surface area (Å²) in [5.74, 6) is -0.650. The number of nitriles is 1. The van der Waals surface area contributed by atoms with Crippen molar-refractivity contribution < 1.29 is 18.3 Å². The van der Waals surface area contributed by atoms with Crippen LogP contribution < -0.4 is 9.47 Å². The minimum Gasteiger partial charge on any atom is -0.496 e. The highest BCUT2D eigenvalue weighted by molar-refractivity contribution is 5.43. The second-order valence-electron chi connectivity index (χ2n) is 4.73. The van der Waals surface area contributed by atoms with Crippen LogP contribution in [-0.4, -0.2) is 14.2 Å². The van der Waals surface area contributed by atoms with Crippen LogP contribution in [0.1, 0.15) is 17.0 Å². The van der Waals surface area contributed by atoms with Gasteiger partial charge in [-0.25, -0.2) is 8.78 Å². The molecular formula is C17H15F2NO2. The minimum atomic E-state index is -0.679. The molecule has 0 bridgehead atoms. The molecule has 1 atom stereocenters. The van der Waals surface area contributed by atoms with E-state index in [0.717, 1.165) is 0 Å². The van der Waals surface area contributed by atoms with Crippen molar-refractivity contribution >= 4 is 0 Å². The molecule has 0 N–H and O–H groups in total. The maximum absolute atomic E-state index is 13.5. The van der Waals surface area contributed by atoms with Gasteiger partial charge < -0.3 is 9.47 Å². The molecule has 3 nitrogen and oxygen atoms in total. The molecule has 0 saturated carbocycles. The summed E-state index contributed by atoms with van der Waals surface area (Å²) in [5.41, 5.74) is 0.969. The van der Waals surface area contributed by atoms with Gasteiger partial charge in [0.1, 0.15) is 23.1 Å². The van der Waals surface area contributed by atoms with Crippen LogP contribution in [0.3, 0.4) is 0 Å². The van der Waals surface area contributed by atoms with Crippen LogP contribution in [0.4, 0.5) is 8.78 Å². The first-order chi connectivity index (χ1) is 10.6. The lowest BCUT2D eigenvalue weighted by molar-refractivity contribution is 0.402. The quantitative estimate of drug-likeness (QED) is 0.843. The predicted octanol–water partition coefficient (Wildman–Crippen LogP) is 3.83. The molecule has 0 aliphatic carbocycles. The number of benzene rings is 2. The Hall–Kier alpha value is -2.61. The molecule has 0 amide bonds. The van der Waals surface area contributed by atoms with E-state index in [-0.39, 0.29) is 6.42 Å². The van der Waals surface area contributed by atoms with Gasteiger partial charge in [-0.15, -0.1) is 0 Å². The van der Waals surface area contributed by atoms with Crippen LogP contribution in [0.25, 0.3) is 0 Å². The molecule has 0 spiro atoms. The third-order valence-corrected chi connectivity index (χ3v) is 3.39. The van der Waals surface area contributed by atoms with E-state index in [0.29, 0.717) is 22.6 Å². The Morgan fingerprint density at radius 1 is 1.00 bits per heavy atom. The van der Waals surface area contributed by atoms with E-state index >= 15 is 0 Å². The fourth-order valence-corrected chi connectivity index (χ4v) is 2.33. The van der Waals surface area contributed by atoms with Crippen molar-refractivity contribution in [3.05, 3.63) is 59.2 Å². The predicted molar refractivity (Wildman–Crippen MR) is 78.0 cm³/mol. The summed E-state index contributed by atoms with van der Waals surface area (Å²) < 4.78 is 37.3. The molecule has 5 heteroatoms. The Kier molecular flexibility index (Phi) is 4.95. The lowest BCUT2D eigenvalue weighted by atomic mass is 9.92. The van der Waals surface area contributed by atoms with Crippen LogP contribution in [0.2, 0.25) is 0 Å². The average molecular weight is 303 g/mol. The maximum Gasteiger partial charge on any atom is 0.123 e.